The number of aromatic amines is 1. The molecule has 0 radical (unpaired) electrons. The molecule has 0 unspecified atom stereocenters. The molecule has 1 aromatic heterocycles. The van der Waals surface area contributed by atoms with Crippen LogP contribution in [0, 0.1) is 10.1 Å². The molecule has 22 heavy (non-hydrogen) atoms. The first-order valence-electron chi connectivity index (χ1n) is 7.00. The lowest BCUT2D eigenvalue weighted by atomic mass is 10.1. The number of nitro groups is 1. The van der Waals surface area contributed by atoms with Crippen LogP contribution in [0.5, 0.6) is 5.75 Å². The van der Waals surface area contributed by atoms with E-state index in [4.69, 9.17) is 4.74 Å². The number of imidazole rings is 1. The van der Waals surface area contributed by atoms with Crippen LogP contribution in [0.2, 0.25) is 0 Å². The van der Waals surface area contributed by atoms with Gasteiger partial charge in [0, 0.05) is 18.6 Å². The number of hydrogen-bond donors (Lipinski definition) is 1. The number of benzene rings is 2. The van der Waals surface area contributed by atoms with Gasteiger partial charge in [0.15, 0.2) is 0 Å². The summed E-state index contributed by atoms with van der Waals surface area (Å²) in [6.45, 7) is 2.59. The number of aromatic nitrogens is 2. The van der Waals surface area contributed by atoms with E-state index in [1.807, 2.05) is 31.2 Å². The van der Waals surface area contributed by atoms with Crippen molar-refractivity contribution in [3.63, 3.8) is 0 Å². The zero-order chi connectivity index (χ0) is 15.5. The van der Waals surface area contributed by atoms with E-state index < -0.39 is 4.92 Å². The normalized spacial score (nSPS) is 10.8. The average molecular weight is 297 g/mol. The standard InChI is InChI=1S/C16H15N3O3/c1-2-22-13-6-3-11(4-7-13)9-16-17-14-8-5-12(19(20)21)10-15(14)18-16/h3-8,10H,2,9H2,1H3,(H,17,18). The van der Waals surface area contributed by atoms with E-state index in [0.717, 1.165) is 22.7 Å². The van der Waals surface area contributed by atoms with Crippen molar-refractivity contribution in [2.75, 3.05) is 6.61 Å². The topological polar surface area (TPSA) is 81.1 Å². The second-order valence-electron chi connectivity index (χ2n) is 4.90. The third-order valence-corrected chi connectivity index (χ3v) is 3.33. The van der Waals surface area contributed by atoms with Gasteiger partial charge in [-0.1, -0.05) is 12.1 Å². The van der Waals surface area contributed by atoms with Crippen LogP contribution < -0.4 is 4.74 Å². The smallest absolute Gasteiger partial charge is 0.271 e. The molecule has 0 saturated carbocycles. The van der Waals surface area contributed by atoms with Crippen molar-refractivity contribution in [2.45, 2.75) is 13.3 Å². The minimum Gasteiger partial charge on any atom is -0.494 e. The van der Waals surface area contributed by atoms with Gasteiger partial charge in [-0.15, -0.1) is 0 Å². The Hall–Kier alpha value is -2.89. The highest BCUT2D eigenvalue weighted by molar-refractivity contribution is 5.77. The maximum Gasteiger partial charge on any atom is 0.271 e. The molecule has 0 aliphatic rings. The molecule has 1 N–H and O–H groups in total. The van der Waals surface area contributed by atoms with Crippen molar-refractivity contribution in [1.29, 1.82) is 0 Å². The van der Waals surface area contributed by atoms with E-state index >= 15 is 0 Å². The number of nitrogens with one attached hydrogen (secondary N) is 1. The molecule has 6 nitrogen and oxygen atoms in total. The molecule has 3 rings (SSSR count). The highest BCUT2D eigenvalue weighted by Gasteiger charge is 2.10. The first kappa shape index (κ1) is 14.1. The Morgan fingerprint density at radius 3 is 2.68 bits per heavy atom. The number of nitro benzene ring substituents is 1. The third kappa shape index (κ3) is 2.90. The SMILES string of the molecule is CCOc1ccc(Cc2nc3ccc([N+](=O)[O-])cc3[nH]2)cc1. The van der Waals surface area contributed by atoms with Gasteiger partial charge in [0.2, 0.25) is 0 Å². The molecule has 0 aliphatic carbocycles. The molecule has 0 spiro atoms. The highest BCUT2D eigenvalue weighted by Crippen LogP contribution is 2.20. The minimum absolute atomic E-state index is 0.0590. The molecular formula is C16H15N3O3. The van der Waals surface area contributed by atoms with Gasteiger partial charge in [0.05, 0.1) is 22.6 Å². The minimum atomic E-state index is -0.410. The molecule has 2 aromatic carbocycles. The van der Waals surface area contributed by atoms with Crippen LogP contribution in [0.15, 0.2) is 42.5 Å². The Morgan fingerprint density at radius 2 is 2.00 bits per heavy atom. The summed E-state index contributed by atoms with van der Waals surface area (Å²) >= 11 is 0. The van der Waals surface area contributed by atoms with Crippen molar-refractivity contribution in [3.05, 3.63) is 64.0 Å². The summed E-state index contributed by atoms with van der Waals surface area (Å²) in [5.41, 5.74) is 2.56. The van der Waals surface area contributed by atoms with Crippen LogP contribution in [-0.2, 0) is 6.42 Å². The molecule has 0 fully saturated rings. The maximum absolute atomic E-state index is 10.8. The zero-order valence-corrected chi connectivity index (χ0v) is 12.1. The Morgan fingerprint density at radius 1 is 1.23 bits per heavy atom. The predicted molar refractivity (Wildman–Crippen MR) is 83.2 cm³/mol. The van der Waals surface area contributed by atoms with Gasteiger partial charge in [0.1, 0.15) is 11.6 Å². The number of hydrogen-bond acceptors (Lipinski definition) is 4. The molecular weight excluding hydrogens is 282 g/mol. The lowest BCUT2D eigenvalue weighted by Gasteiger charge is -2.03. The van der Waals surface area contributed by atoms with Crippen LogP contribution >= 0.6 is 0 Å². The van der Waals surface area contributed by atoms with Crippen LogP contribution in [0.4, 0.5) is 5.69 Å². The number of H-pyrrole nitrogens is 1. The lowest BCUT2D eigenvalue weighted by molar-refractivity contribution is -0.384. The molecule has 1 heterocycles. The van der Waals surface area contributed by atoms with Gasteiger partial charge < -0.3 is 9.72 Å². The number of non-ortho nitro benzene ring substituents is 1. The molecule has 3 aromatic rings. The van der Waals surface area contributed by atoms with E-state index in [-0.39, 0.29) is 5.69 Å². The monoisotopic (exact) mass is 297 g/mol. The van der Waals surface area contributed by atoms with Gasteiger partial charge in [-0.3, -0.25) is 10.1 Å². The van der Waals surface area contributed by atoms with Crippen molar-refractivity contribution in [2.24, 2.45) is 0 Å². The summed E-state index contributed by atoms with van der Waals surface area (Å²) in [5.74, 6) is 1.62. The number of ether oxygens (including phenoxy) is 1. The Kier molecular flexibility index (Phi) is 3.74. The van der Waals surface area contributed by atoms with Crippen molar-refractivity contribution >= 4 is 16.7 Å². The van der Waals surface area contributed by atoms with Gasteiger partial charge in [-0.2, -0.15) is 0 Å². The van der Waals surface area contributed by atoms with E-state index in [2.05, 4.69) is 9.97 Å². The summed E-state index contributed by atoms with van der Waals surface area (Å²) < 4.78 is 5.41. The summed E-state index contributed by atoms with van der Waals surface area (Å²) in [6, 6.07) is 12.4. The Bertz CT molecular complexity index is 809. The van der Waals surface area contributed by atoms with Crippen LogP contribution in [-0.4, -0.2) is 21.5 Å². The van der Waals surface area contributed by atoms with Crippen molar-refractivity contribution < 1.29 is 9.66 Å². The van der Waals surface area contributed by atoms with E-state index in [9.17, 15) is 10.1 Å². The summed E-state index contributed by atoms with van der Waals surface area (Å²) in [5, 5.41) is 10.8. The third-order valence-electron chi connectivity index (χ3n) is 3.33. The van der Waals surface area contributed by atoms with E-state index in [1.54, 1.807) is 6.07 Å². The summed E-state index contributed by atoms with van der Waals surface area (Å²) in [7, 11) is 0. The first-order valence-corrected chi connectivity index (χ1v) is 7.00. The maximum atomic E-state index is 10.8. The largest absolute Gasteiger partial charge is 0.494 e. The Labute approximate surface area is 126 Å². The van der Waals surface area contributed by atoms with Crippen LogP contribution in [0.3, 0.4) is 0 Å². The predicted octanol–water partition coefficient (Wildman–Crippen LogP) is 3.46. The van der Waals surface area contributed by atoms with Crippen LogP contribution in [0.25, 0.3) is 11.0 Å². The molecule has 6 heteroatoms. The fraction of sp³-hybridized carbons (Fsp3) is 0.188. The van der Waals surface area contributed by atoms with Crippen LogP contribution in [0.1, 0.15) is 18.3 Å². The van der Waals surface area contributed by atoms with Crippen molar-refractivity contribution in [3.8, 4) is 5.75 Å². The number of nitrogens with zero attached hydrogens (tertiary/aromatic N) is 2. The second-order valence-corrected chi connectivity index (χ2v) is 4.90. The molecule has 0 atom stereocenters. The quantitative estimate of drug-likeness (QED) is 0.577. The second kappa shape index (κ2) is 5.85. The molecule has 0 saturated heterocycles. The van der Waals surface area contributed by atoms with Gasteiger partial charge in [0.25, 0.3) is 5.69 Å². The first-order chi connectivity index (χ1) is 10.7. The zero-order valence-electron chi connectivity index (χ0n) is 12.1. The fourth-order valence-corrected chi connectivity index (χ4v) is 2.31. The number of rotatable bonds is 5. The molecule has 0 aliphatic heterocycles. The highest BCUT2D eigenvalue weighted by atomic mass is 16.6. The average Bonchev–Trinajstić information content (AvgIpc) is 2.90. The Balaban J connectivity index is 1.82. The fourth-order valence-electron chi connectivity index (χ4n) is 2.31. The van der Waals surface area contributed by atoms with Gasteiger partial charge in [-0.25, -0.2) is 4.98 Å². The van der Waals surface area contributed by atoms with E-state index in [1.165, 1.54) is 12.1 Å². The van der Waals surface area contributed by atoms with Gasteiger partial charge >= 0.3 is 0 Å². The van der Waals surface area contributed by atoms with Gasteiger partial charge in [-0.05, 0) is 30.7 Å². The number of fused-ring (bicyclic) bond motifs is 1. The molecule has 112 valence electrons. The van der Waals surface area contributed by atoms with E-state index in [0.29, 0.717) is 18.5 Å². The molecule has 0 bridgehead atoms. The van der Waals surface area contributed by atoms with Crippen molar-refractivity contribution in [1.82, 2.24) is 9.97 Å². The summed E-state index contributed by atoms with van der Waals surface area (Å²) in [4.78, 5) is 18.0. The summed E-state index contributed by atoms with van der Waals surface area (Å²) in [6.07, 6.45) is 0.634. The molecule has 0 amide bonds. The lowest BCUT2D eigenvalue weighted by Crippen LogP contribution is -1.93.